The molecule has 0 aliphatic carbocycles. The van der Waals surface area contributed by atoms with Crippen LogP contribution < -0.4 is 10.6 Å². The Hall–Kier alpha value is -1.85. The number of anilines is 1. The molecule has 2 heterocycles. The SMILES string of the molecule is Cl.O=C(Nc1cccc(-c2cnco2)c1)C1CCCNC1. The van der Waals surface area contributed by atoms with Crippen LogP contribution in [0.15, 0.2) is 41.3 Å². The number of hydrogen-bond acceptors (Lipinski definition) is 4. The molecule has 1 amide bonds. The molecule has 1 aliphatic rings. The van der Waals surface area contributed by atoms with Gasteiger partial charge in [0, 0.05) is 17.8 Å². The van der Waals surface area contributed by atoms with E-state index >= 15 is 0 Å². The van der Waals surface area contributed by atoms with Crippen LogP contribution in [0.3, 0.4) is 0 Å². The molecule has 1 saturated heterocycles. The van der Waals surface area contributed by atoms with E-state index in [2.05, 4.69) is 15.6 Å². The molecular weight excluding hydrogens is 290 g/mol. The zero-order valence-electron chi connectivity index (χ0n) is 11.5. The second-order valence-electron chi connectivity index (χ2n) is 4.98. The number of carbonyl (C=O) groups excluding carboxylic acids is 1. The number of nitrogens with one attached hydrogen (secondary N) is 2. The molecule has 0 bridgehead atoms. The molecule has 1 fully saturated rings. The molecule has 21 heavy (non-hydrogen) atoms. The van der Waals surface area contributed by atoms with Crippen molar-refractivity contribution in [1.29, 1.82) is 0 Å². The van der Waals surface area contributed by atoms with Crippen LogP contribution in [0.1, 0.15) is 12.8 Å². The van der Waals surface area contributed by atoms with Crippen LogP contribution in [0.4, 0.5) is 5.69 Å². The van der Waals surface area contributed by atoms with Crippen molar-refractivity contribution in [2.75, 3.05) is 18.4 Å². The van der Waals surface area contributed by atoms with Crippen LogP contribution in [0.25, 0.3) is 11.3 Å². The number of piperidine rings is 1. The van der Waals surface area contributed by atoms with E-state index in [1.165, 1.54) is 6.39 Å². The molecule has 3 rings (SSSR count). The first-order valence-corrected chi connectivity index (χ1v) is 6.83. The number of halogens is 1. The van der Waals surface area contributed by atoms with Gasteiger partial charge in [0.25, 0.3) is 0 Å². The number of carbonyl (C=O) groups is 1. The maximum Gasteiger partial charge on any atom is 0.228 e. The van der Waals surface area contributed by atoms with Gasteiger partial charge >= 0.3 is 0 Å². The summed E-state index contributed by atoms with van der Waals surface area (Å²) >= 11 is 0. The minimum absolute atomic E-state index is 0. The van der Waals surface area contributed by atoms with Gasteiger partial charge in [-0.1, -0.05) is 12.1 Å². The zero-order chi connectivity index (χ0) is 13.8. The molecule has 1 unspecified atom stereocenters. The smallest absolute Gasteiger partial charge is 0.228 e. The fourth-order valence-corrected chi connectivity index (χ4v) is 2.43. The average molecular weight is 308 g/mol. The minimum Gasteiger partial charge on any atom is -0.444 e. The second-order valence-corrected chi connectivity index (χ2v) is 4.98. The van der Waals surface area contributed by atoms with E-state index in [9.17, 15) is 4.79 Å². The van der Waals surface area contributed by atoms with E-state index in [-0.39, 0.29) is 24.2 Å². The predicted octanol–water partition coefficient (Wildman–Crippen LogP) is 2.70. The highest BCUT2D eigenvalue weighted by atomic mass is 35.5. The Morgan fingerprint density at radius 1 is 1.43 bits per heavy atom. The van der Waals surface area contributed by atoms with Gasteiger partial charge in [-0.3, -0.25) is 4.79 Å². The quantitative estimate of drug-likeness (QED) is 0.915. The van der Waals surface area contributed by atoms with Gasteiger partial charge in [0.1, 0.15) is 0 Å². The maximum absolute atomic E-state index is 12.2. The van der Waals surface area contributed by atoms with Crippen LogP contribution >= 0.6 is 12.4 Å². The van der Waals surface area contributed by atoms with Crippen LogP contribution in [-0.4, -0.2) is 24.0 Å². The van der Waals surface area contributed by atoms with E-state index in [0.29, 0.717) is 5.76 Å². The molecule has 112 valence electrons. The molecule has 0 radical (unpaired) electrons. The van der Waals surface area contributed by atoms with Crippen molar-refractivity contribution in [3.05, 3.63) is 36.9 Å². The Morgan fingerprint density at radius 2 is 2.33 bits per heavy atom. The first-order chi connectivity index (χ1) is 9.83. The van der Waals surface area contributed by atoms with Crippen molar-refractivity contribution in [1.82, 2.24) is 10.3 Å². The normalized spacial score (nSPS) is 17.8. The maximum atomic E-state index is 12.2. The summed E-state index contributed by atoms with van der Waals surface area (Å²) in [4.78, 5) is 16.1. The Bertz CT molecular complexity index is 580. The van der Waals surface area contributed by atoms with E-state index in [0.717, 1.165) is 37.2 Å². The third kappa shape index (κ3) is 3.83. The highest BCUT2D eigenvalue weighted by Crippen LogP contribution is 2.22. The lowest BCUT2D eigenvalue weighted by molar-refractivity contribution is -0.120. The first kappa shape index (κ1) is 15.5. The predicted molar refractivity (Wildman–Crippen MR) is 83.4 cm³/mol. The third-order valence-electron chi connectivity index (χ3n) is 3.51. The van der Waals surface area contributed by atoms with E-state index < -0.39 is 0 Å². The summed E-state index contributed by atoms with van der Waals surface area (Å²) in [5, 5.41) is 6.22. The summed E-state index contributed by atoms with van der Waals surface area (Å²) in [6, 6.07) is 7.60. The molecule has 5 nitrogen and oxygen atoms in total. The molecule has 0 spiro atoms. The largest absolute Gasteiger partial charge is 0.444 e. The average Bonchev–Trinajstić information content (AvgIpc) is 3.03. The molecule has 1 atom stereocenters. The lowest BCUT2D eigenvalue weighted by Crippen LogP contribution is -2.37. The molecule has 1 aromatic carbocycles. The number of benzene rings is 1. The standard InChI is InChI=1S/C15H17N3O2.ClH/c19-15(12-4-2-6-16-8-12)18-13-5-1-3-11(7-13)14-9-17-10-20-14;/h1,3,5,7,9-10,12,16H,2,4,6,8H2,(H,18,19);1H. The highest BCUT2D eigenvalue weighted by molar-refractivity contribution is 5.93. The van der Waals surface area contributed by atoms with Gasteiger partial charge in [0.05, 0.1) is 12.1 Å². The molecule has 2 N–H and O–H groups in total. The van der Waals surface area contributed by atoms with Gasteiger partial charge in [0.15, 0.2) is 12.2 Å². The van der Waals surface area contributed by atoms with Crippen LogP contribution in [-0.2, 0) is 4.79 Å². The lowest BCUT2D eigenvalue weighted by Gasteiger charge is -2.21. The molecule has 2 aromatic rings. The van der Waals surface area contributed by atoms with Crippen LogP contribution in [0, 0.1) is 5.92 Å². The van der Waals surface area contributed by atoms with Gasteiger partial charge in [-0.2, -0.15) is 0 Å². The van der Waals surface area contributed by atoms with Gasteiger partial charge in [-0.25, -0.2) is 4.98 Å². The van der Waals surface area contributed by atoms with Crippen LogP contribution in [0.2, 0.25) is 0 Å². The monoisotopic (exact) mass is 307 g/mol. The van der Waals surface area contributed by atoms with E-state index in [1.807, 2.05) is 24.3 Å². The lowest BCUT2D eigenvalue weighted by atomic mass is 9.98. The van der Waals surface area contributed by atoms with Crippen molar-refractivity contribution in [3.63, 3.8) is 0 Å². The van der Waals surface area contributed by atoms with Gasteiger partial charge in [0.2, 0.25) is 5.91 Å². The summed E-state index contributed by atoms with van der Waals surface area (Å²) in [6.07, 6.45) is 5.05. The molecule has 1 aromatic heterocycles. The summed E-state index contributed by atoms with van der Waals surface area (Å²) in [6.45, 7) is 1.76. The van der Waals surface area contributed by atoms with Gasteiger partial charge in [-0.15, -0.1) is 12.4 Å². The number of rotatable bonds is 3. The minimum atomic E-state index is 0. The fourth-order valence-electron chi connectivity index (χ4n) is 2.43. The summed E-state index contributed by atoms with van der Waals surface area (Å²) < 4.78 is 5.26. The van der Waals surface area contributed by atoms with Crippen molar-refractivity contribution in [2.45, 2.75) is 12.8 Å². The van der Waals surface area contributed by atoms with Gasteiger partial charge < -0.3 is 15.1 Å². The molecule has 0 saturated carbocycles. The summed E-state index contributed by atoms with van der Waals surface area (Å²) in [5.41, 5.74) is 1.69. The van der Waals surface area contributed by atoms with Crippen molar-refractivity contribution in [3.8, 4) is 11.3 Å². The molecular formula is C15H18ClN3O2. The Morgan fingerprint density at radius 3 is 3.05 bits per heavy atom. The Kier molecular flexibility index (Phi) is 5.36. The number of amides is 1. The molecule has 1 aliphatic heterocycles. The molecule has 6 heteroatoms. The Balaban J connectivity index is 0.00000161. The van der Waals surface area contributed by atoms with E-state index in [1.54, 1.807) is 6.20 Å². The second kappa shape index (κ2) is 7.24. The first-order valence-electron chi connectivity index (χ1n) is 6.83. The fraction of sp³-hybridized carbons (Fsp3) is 0.333. The van der Waals surface area contributed by atoms with Gasteiger partial charge in [-0.05, 0) is 31.5 Å². The van der Waals surface area contributed by atoms with Crippen LogP contribution in [0.5, 0.6) is 0 Å². The number of hydrogen-bond donors (Lipinski definition) is 2. The number of aromatic nitrogens is 1. The zero-order valence-corrected chi connectivity index (χ0v) is 12.4. The number of oxazole rings is 1. The third-order valence-corrected chi connectivity index (χ3v) is 3.51. The topological polar surface area (TPSA) is 67.2 Å². The van der Waals surface area contributed by atoms with Crippen molar-refractivity contribution < 1.29 is 9.21 Å². The number of nitrogens with zero attached hydrogens (tertiary/aromatic N) is 1. The van der Waals surface area contributed by atoms with E-state index in [4.69, 9.17) is 4.42 Å². The van der Waals surface area contributed by atoms with Crippen molar-refractivity contribution >= 4 is 24.0 Å². The summed E-state index contributed by atoms with van der Waals surface area (Å²) in [7, 11) is 0. The summed E-state index contributed by atoms with van der Waals surface area (Å²) in [5.74, 6) is 0.824. The Labute approximate surface area is 129 Å². The highest BCUT2D eigenvalue weighted by Gasteiger charge is 2.20. The van der Waals surface area contributed by atoms with Crippen molar-refractivity contribution in [2.24, 2.45) is 5.92 Å².